The molecule has 0 saturated heterocycles. The van der Waals surface area contributed by atoms with Gasteiger partial charge in [0.05, 0.1) is 17.7 Å². The molecular weight excluding hydrogens is 262 g/mol. The van der Waals surface area contributed by atoms with Crippen LogP contribution in [0.15, 0.2) is 29.1 Å². The molecule has 1 aromatic carbocycles. The van der Waals surface area contributed by atoms with Crippen molar-refractivity contribution in [3.05, 3.63) is 45.9 Å². The molecule has 18 heavy (non-hydrogen) atoms. The molecule has 94 valence electrons. The lowest BCUT2D eigenvalue weighted by molar-refractivity contribution is 0.889. The maximum Gasteiger partial charge on any atom is 0.106 e. The summed E-state index contributed by atoms with van der Waals surface area (Å²) >= 11 is 6.72. The van der Waals surface area contributed by atoms with E-state index in [4.69, 9.17) is 18.0 Å². The molecule has 3 nitrogen and oxygen atoms in total. The molecule has 0 unspecified atom stereocenters. The summed E-state index contributed by atoms with van der Waals surface area (Å²) in [6.07, 6.45) is 0. The van der Waals surface area contributed by atoms with Crippen LogP contribution in [0.3, 0.4) is 0 Å². The lowest BCUT2D eigenvalue weighted by atomic mass is 10.1. The molecule has 5 heteroatoms. The number of anilines is 1. The van der Waals surface area contributed by atoms with Crippen molar-refractivity contribution in [1.82, 2.24) is 4.98 Å². The zero-order chi connectivity index (χ0) is 13.1. The number of nitrogens with zero attached hydrogens (tertiary/aromatic N) is 2. The molecule has 1 heterocycles. The van der Waals surface area contributed by atoms with Gasteiger partial charge in [-0.15, -0.1) is 11.3 Å². The number of para-hydroxylation sites is 1. The lowest BCUT2D eigenvalue weighted by Crippen LogP contribution is -2.22. The van der Waals surface area contributed by atoms with E-state index < -0.39 is 0 Å². The van der Waals surface area contributed by atoms with Crippen LogP contribution in [0.2, 0.25) is 0 Å². The van der Waals surface area contributed by atoms with Gasteiger partial charge in [0.15, 0.2) is 0 Å². The summed E-state index contributed by atoms with van der Waals surface area (Å²) in [5.41, 5.74) is 11.8. The second kappa shape index (κ2) is 5.46. The first-order valence-electron chi connectivity index (χ1n) is 5.57. The molecule has 0 fully saturated rings. The van der Waals surface area contributed by atoms with Crippen molar-refractivity contribution < 1.29 is 0 Å². The first-order chi connectivity index (χ1) is 8.59. The van der Waals surface area contributed by atoms with Crippen molar-refractivity contribution in [3.63, 3.8) is 0 Å². The number of hydrogen-bond acceptors (Lipinski definition) is 4. The molecule has 0 aliphatic carbocycles. The van der Waals surface area contributed by atoms with E-state index in [1.807, 2.05) is 24.7 Å². The number of hydrogen-bond donors (Lipinski definition) is 1. The molecule has 2 N–H and O–H groups in total. The van der Waals surface area contributed by atoms with Gasteiger partial charge in [0.1, 0.15) is 4.99 Å². The third-order valence-electron chi connectivity index (χ3n) is 2.77. The van der Waals surface area contributed by atoms with Crippen LogP contribution in [-0.4, -0.2) is 17.0 Å². The number of nitrogens with two attached hydrogens (primary N) is 1. The van der Waals surface area contributed by atoms with Gasteiger partial charge in [-0.2, -0.15) is 0 Å². The maximum atomic E-state index is 5.79. The molecule has 0 spiro atoms. The minimum Gasteiger partial charge on any atom is -0.389 e. The van der Waals surface area contributed by atoms with Gasteiger partial charge in [-0.25, -0.2) is 4.98 Å². The van der Waals surface area contributed by atoms with Gasteiger partial charge >= 0.3 is 0 Å². The van der Waals surface area contributed by atoms with Crippen LogP contribution in [0.4, 0.5) is 5.69 Å². The third-order valence-corrected chi connectivity index (χ3v) is 3.62. The van der Waals surface area contributed by atoms with Crippen LogP contribution in [-0.2, 0) is 6.54 Å². The van der Waals surface area contributed by atoms with Gasteiger partial charge in [0, 0.05) is 23.7 Å². The highest BCUT2D eigenvalue weighted by molar-refractivity contribution is 7.80. The number of thiocarbonyl (C=S) groups is 1. The molecule has 0 aliphatic rings. The first-order valence-corrected chi connectivity index (χ1v) is 6.92. The maximum absolute atomic E-state index is 5.79. The Morgan fingerprint density at radius 3 is 2.89 bits per heavy atom. The lowest BCUT2D eigenvalue weighted by Gasteiger charge is -2.23. The standard InChI is InChI=1S/C13H15N3S2/c1-9-4-3-5-11(13(14)17)12(9)16(2)6-10-7-18-8-15-10/h3-5,7-8H,6H2,1-2H3,(H2,14,17). The predicted molar refractivity (Wildman–Crippen MR) is 81.3 cm³/mol. The summed E-state index contributed by atoms with van der Waals surface area (Å²) in [5.74, 6) is 0. The van der Waals surface area contributed by atoms with E-state index >= 15 is 0 Å². The topological polar surface area (TPSA) is 42.1 Å². The number of aryl methyl sites for hydroxylation is 1. The van der Waals surface area contributed by atoms with E-state index in [0.29, 0.717) is 4.99 Å². The van der Waals surface area contributed by atoms with E-state index in [9.17, 15) is 0 Å². The normalized spacial score (nSPS) is 10.3. The van der Waals surface area contributed by atoms with Gasteiger partial charge in [-0.3, -0.25) is 0 Å². The molecule has 0 aliphatic heterocycles. The fourth-order valence-corrected chi connectivity index (χ4v) is 2.72. The number of benzene rings is 1. The van der Waals surface area contributed by atoms with Crippen LogP contribution in [0.25, 0.3) is 0 Å². The summed E-state index contributed by atoms with van der Waals surface area (Å²) in [7, 11) is 2.03. The Balaban J connectivity index is 2.34. The zero-order valence-electron chi connectivity index (χ0n) is 10.4. The second-order valence-electron chi connectivity index (χ2n) is 4.17. The molecule has 1 aromatic heterocycles. The minimum absolute atomic E-state index is 0.429. The summed E-state index contributed by atoms with van der Waals surface area (Å²) < 4.78 is 0. The van der Waals surface area contributed by atoms with E-state index in [0.717, 1.165) is 29.1 Å². The van der Waals surface area contributed by atoms with Crippen LogP contribution < -0.4 is 10.6 Å². The Labute approximate surface area is 116 Å². The van der Waals surface area contributed by atoms with Crippen molar-refractivity contribution in [2.45, 2.75) is 13.5 Å². The highest BCUT2D eigenvalue weighted by Gasteiger charge is 2.13. The van der Waals surface area contributed by atoms with E-state index in [1.165, 1.54) is 0 Å². The van der Waals surface area contributed by atoms with Crippen molar-refractivity contribution in [2.75, 3.05) is 11.9 Å². The SMILES string of the molecule is Cc1cccc(C(N)=S)c1N(C)Cc1cscn1. The molecule has 0 amide bonds. The van der Waals surface area contributed by atoms with Gasteiger partial charge in [0.25, 0.3) is 0 Å². The number of rotatable bonds is 4. The molecule has 2 aromatic rings. The minimum atomic E-state index is 0.429. The Morgan fingerprint density at radius 2 is 2.28 bits per heavy atom. The van der Waals surface area contributed by atoms with E-state index in [2.05, 4.69) is 28.3 Å². The van der Waals surface area contributed by atoms with Crippen LogP contribution in [0.5, 0.6) is 0 Å². The monoisotopic (exact) mass is 277 g/mol. The van der Waals surface area contributed by atoms with Crippen LogP contribution in [0.1, 0.15) is 16.8 Å². The molecule has 0 saturated carbocycles. The van der Waals surface area contributed by atoms with E-state index in [1.54, 1.807) is 11.3 Å². The predicted octanol–water partition coefficient (Wildman–Crippen LogP) is 2.72. The molecule has 2 rings (SSSR count). The second-order valence-corrected chi connectivity index (χ2v) is 5.33. The van der Waals surface area contributed by atoms with Crippen molar-refractivity contribution >= 4 is 34.2 Å². The first kappa shape index (κ1) is 13.0. The van der Waals surface area contributed by atoms with Gasteiger partial charge < -0.3 is 10.6 Å². The average molecular weight is 277 g/mol. The highest BCUT2D eigenvalue weighted by Crippen LogP contribution is 2.25. The van der Waals surface area contributed by atoms with Gasteiger partial charge in [-0.1, -0.05) is 24.4 Å². The Kier molecular flexibility index (Phi) is 3.93. The zero-order valence-corrected chi connectivity index (χ0v) is 12.0. The highest BCUT2D eigenvalue weighted by atomic mass is 32.1. The van der Waals surface area contributed by atoms with Gasteiger partial charge in [-0.05, 0) is 18.6 Å². The largest absolute Gasteiger partial charge is 0.389 e. The van der Waals surface area contributed by atoms with Gasteiger partial charge in [0.2, 0.25) is 0 Å². The molecule has 0 bridgehead atoms. The molecule has 0 atom stereocenters. The van der Waals surface area contributed by atoms with Crippen molar-refractivity contribution in [1.29, 1.82) is 0 Å². The van der Waals surface area contributed by atoms with E-state index in [-0.39, 0.29) is 0 Å². The fraction of sp³-hybridized carbons (Fsp3) is 0.231. The van der Waals surface area contributed by atoms with Crippen LogP contribution in [0, 0.1) is 6.92 Å². The molecular formula is C13H15N3S2. The molecule has 0 radical (unpaired) electrons. The quantitative estimate of drug-likeness (QED) is 0.873. The summed E-state index contributed by atoms with van der Waals surface area (Å²) in [4.78, 5) is 6.87. The average Bonchev–Trinajstić information content (AvgIpc) is 2.81. The summed E-state index contributed by atoms with van der Waals surface area (Å²) in [6, 6.07) is 6.00. The summed E-state index contributed by atoms with van der Waals surface area (Å²) in [6.45, 7) is 2.82. The Bertz CT molecular complexity index is 549. The van der Waals surface area contributed by atoms with Crippen LogP contribution >= 0.6 is 23.6 Å². The third kappa shape index (κ3) is 2.68. The fourth-order valence-electron chi connectivity index (χ4n) is 2.00. The number of aromatic nitrogens is 1. The smallest absolute Gasteiger partial charge is 0.106 e. The number of thiazole rings is 1. The Hall–Kier alpha value is -1.46. The Morgan fingerprint density at radius 1 is 1.50 bits per heavy atom. The van der Waals surface area contributed by atoms with Crippen molar-refractivity contribution in [3.8, 4) is 0 Å². The summed E-state index contributed by atoms with van der Waals surface area (Å²) in [5, 5.41) is 2.05. The van der Waals surface area contributed by atoms with Crippen molar-refractivity contribution in [2.24, 2.45) is 5.73 Å².